The van der Waals surface area contributed by atoms with E-state index in [4.69, 9.17) is 32.4 Å². The van der Waals surface area contributed by atoms with Crippen molar-refractivity contribution in [3.63, 3.8) is 0 Å². The first-order chi connectivity index (χ1) is 13.5. The predicted octanol–water partition coefficient (Wildman–Crippen LogP) is 5.64. The van der Waals surface area contributed by atoms with E-state index >= 15 is 0 Å². The number of hydrogen-bond acceptors (Lipinski definition) is 4. The summed E-state index contributed by atoms with van der Waals surface area (Å²) in [5.74, 6) is 0.600. The summed E-state index contributed by atoms with van der Waals surface area (Å²) in [6.45, 7) is 2.86. The zero-order chi connectivity index (χ0) is 19.4. The molecule has 2 aromatic carbocycles. The van der Waals surface area contributed by atoms with Gasteiger partial charge in [-0.05, 0) is 61.9 Å². The molecule has 0 fully saturated rings. The molecule has 5 rings (SSSR count). The summed E-state index contributed by atoms with van der Waals surface area (Å²) in [6.07, 6.45) is 3.75. The third-order valence-electron chi connectivity index (χ3n) is 5.75. The molecule has 0 N–H and O–H groups in total. The highest BCUT2D eigenvalue weighted by Gasteiger charge is 2.27. The minimum atomic E-state index is -0.234. The van der Waals surface area contributed by atoms with Gasteiger partial charge in [-0.2, -0.15) is 0 Å². The van der Waals surface area contributed by atoms with Crippen molar-refractivity contribution in [3.05, 3.63) is 67.0 Å². The molecule has 2 heterocycles. The zero-order valence-electron chi connectivity index (χ0n) is 15.5. The molecule has 3 aromatic rings. The van der Waals surface area contributed by atoms with E-state index in [1.54, 1.807) is 0 Å². The lowest BCUT2D eigenvalue weighted by molar-refractivity contribution is 0.289. The van der Waals surface area contributed by atoms with Crippen molar-refractivity contribution in [1.82, 2.24) is 0 Å². The Balaban J connectivity index is 1.67. The first-order valence-corrected chi connectivity index (χ1v) is 10.2. The van der Waals surface area contributed by atoms with Crippen LogP contribution in [0.2, 0.25) is 10.0 Å². The van der Waals surface area contributed by atoms with Crippen molar-refractivity contribution >= 4 is 39.9 Å². The summed E-state index contributed by atoms with van der Waals surface area (Å²) >= 11 is 12.9. The molecule has 0 saturated heterocycles. The molecule has 0 spiro atoms. The minimum Gasteiger partial charge on any atom is -0.471 e. The van der Waals surface area contributed by atoms with E-state index in [0.29, 0.717) is 34.7 Å². The molecule has 28 heavy (non-hydrogen) atoms. The van der Waals surface area contributed by atoms with Gasteiger partial charge in [0.25, 0.3) is 0 Å². The van der Waals surface area contributed by atoms with Crippen LogP contribution in [0, 0.1) is 6.92 Å². The lowest BCUT2D eigenvalue weighted by Gasteiger charge is -2.32. The van der Waals surface area contributed by atoms with Gasteiger partial charge in [0.15, 0.2) is 6.73 Å². The third-order valence-corrected chi connectivity index (χ3v) is 6.44. The van der Waals surface area contributed by atoms with Gasteiger partial charge >= 0.3 is 5.63 Å². The summed E-state index contributed by atoms with van der Waals surface area (Å²) in [4.78, 5) is 14.7. The van der Waals surface area contributed by atoms with Crippen LogP contribution in [0.5, 0.6) is 5.75 Å². The van der Waals surface area contributed by atoms with Gasteiger partial charge in [-0.1, -0.05) is 29.3 Å². The number of hydrogen-bond donors (Lipinski definition) is 0. The highest BCUT2D eigenvalue weighted by molar-refractivity contribution is 6.33. The summed E-state index contributed by atoms with van der Waals surface area (Å²) in [7, 11) is 0. The fourth-order valence-corrected chi connectivity index (χ4v) is 4.67. The highest BCUT2D eigenvalue weighted by atomic mass is 35.5. The normalized spacial score (nSPS) is 15.9. The number of aryl methyl sites for hydroxylation is 2. The summed E-state index contributed by atoms with van der Waals surface area (Å²) in [6, 6.07) is 7.82. The Labute approximate surface area is 172 Å². The smallest absolute Gasteiger partial charge is 0.339 e. The monoisotopic (exact) mass is 415 g/mol. The first-order valence-electron chi connectivity index (χ1n) is 9.47. The number of halogens is 2. The second-order valence-corrected chi connectivity index (χ2v) is 8.32. The maximum absolute atomic E-state index is 12.6. The van der Waals surface area contributed by atoms with E-state index in [-0.39, 0.29) is 5.63 Å². The summed E-state index contributed by atoms with van der Waals surface area (Å²) < 4.78 is 11.8. The fraction of sp³-hybridized carbons (Fsp3) is 0.318. The van der Waals surface area contributed by atoms with Crippen LogP contribution in [0.3, 0.4) is 0 Å². The average Bonchev–Trinajstić information content (AvgIpc) is 2.71. The Bertz CT molecular complexity index is 1170. The number of ether oxygens (including phenoxy) is 1. The van der Waals surface area contributed by atoms with Gasteiger partial charge in [-0.15, -0.1) is 0 Å². The number of nitrogens with zero attached hydrogens (tertiary/aromatic N) is 1. The van der Waals surface area contributed by atoms with E-state index in [2.05, 4.69) is 4.90 Å². The van der Waals surface area contributed by atoms with Crippen LogP contribution in [0.15, 0.2) is 33.5 Å². The van der Waals surface area contributed by atoms with Gasteiger partial charge in [0.2, 0.25) is 0 Å². The quantitative estimate of drug-likeness (QED) is 0.482. The lowest BCUT2D eigenvalue weighted by atomic mass is 9.90. The van der Waals surface area contributed by atoms with E-state index in [0.717, 1.165) is 59.0 Å². The van der Waals surface area contributed by atoms with Gasteiger partial charge in [0.05, 0.1) is 17.1 Å². The molecule has 4 nitrogen and oxygen atoms in total. The van der Waals surface area contributed by atoms with Crippen LogP contribution in [-0.4, -0.2) is 6.73 Å². The maximum Gasteiger partial charge on any atom is 0.339 e. The van der Waals surface area contributed by atoms with Crippen LogP contribution in [0.1, 0.15) is 35.1 Å². The second-order valence-electron chi connectivity index (χ2n) is 7.50. The SMILES string of the molecule is Cc1ccc(N2COc3c(Cl)cc4c5c(c(=O)oc4c3C2)CCCC5)cc1Cl. The molecule has 1 aliphatic carbocycles. The second kappa shape index (κ2) is 6.71. The van der Waals surface area contributed by atoms with Crippen molar-refractivity contribution in [1.29, 1.82) is 0 Å². The Morgan fingerprint density at radius 3 is 2.57 bits per heavy atom. The van der Waals surface area contributed by atoms with Crippen molar-refractivity contribution < 1.29 is 9.15 Å². The van der Waals surface area contributed by atoms with E-state index < -0.39 is 0 Å². The summed E-state index contributed by atoms with van der Waals surface area (Å²) in [5, 5.41) is 2.20. The van der Waals surface area contributed by atoms with Crippen LogP contribution >= 0.6 is 23.2 Å². The van der Waals surface area contributed by atoms with Gasteiger partial charge in [0.1, 0.15) is 11.3 Å². The summed E-state index contributed by atoms with van der Waals surface area (Å²) in [5.41, 5.74) is 5.03. The first kappa shape index (κ1) is 17.9. The molecular formula is C22H19Cl2NO3. The average molecular weight is 416 g/mol. The molecule has 0 bridgehead atoms. The predicted molar refractivity (Wildman–Crippen MR) is 112 cm³/mol. The highest BCUT2D eigenvalue weighted by Crippen LogP contribution is 2.41. The van der Waals surface area contributed by atoms with Crippen LogP contribution in [-0.2, 0) is 19.4 Å². The third kappa shape index (κ3) is 2.78. The molecule has 144 valence electrons. The molecule has 0 radical (unpaired) electrons. The van der Waals surface area contributed by atoms with E-state index in [9.17, 15) is 4.79 Å². The molecule has 6 heteroatoms. The van der Waals surface area contributed by atoms with Crippen molar-refractivity contribution in [2.24, 2.45) is 0 Å². The number of benzene rings is 2. The van der Waals surface area contributed by atoms with Gasteiger partial charge in [0, 0.05) is 21.7 Å². The van der Waals surface area contributed by atoms with Crippen molar-refractivity contribution in [2.45, 2.75) is 39.2 Å². The molecule has 0 unspecified atom stereocenters. The minimum absolute atomic E-state index is 0.234. The molecule has 1 aliphatic heterocycles. The topological polar surface area (TPSA) is 42.7 Å². The van der Waals surface area contributed by atoms with Crippen molar-refractivity contribution in [3.8, 4) is 5.75 Å². The van der Waals surface area contributed by atoms with E-state index in [1.165, 1.54) is 0 Å². The van der Waals surface area contributed by atoms with Gasteiger partial charge < -0.3 is 14.1 Å². The lowest BCUT2D eigenvalue weighted by Crippen LogP contribution is -2.32. The van der Waals surface area contributed by atoms with Gasteiger partial charge in [-0.25, -0.2) is 4.79 Å². The maximum atomic E-state index is 12.6. The number of anilines is 1. The zero-order valence-corrected chi connectivity index (χ0v) is 17.0. The molecule has 2 aliphatic rings. The molecular weight excluding hydrogens is 397 g/mol. The number of fused-ring (bicyclic) bond motifs is 5. The van der Waals surface area contributed by atoms with Crippen molar-refractivity contribution in [2.75, 3.05) is 11.6 Å². The molecule has 0 saturated carbocycles. The fourth-order valence-electron chi connectivity index (χ4n) is 4.21. The van der Waals surface area contributed by atoms with Crippen LogP contribution in [0.4, 0.5) is 5.69 Å². The Hall–Kier alpha value is -2.17. The molecule has 1 aromatic heterocycles. The largest absolute Gasteiger partial charge is 0.471 e. The van der Waals surface area contributed by atoms with Gasteiger partial charge in [-0.3, -0.25) is 0 Å². The van der Waals surface area contributed by atoms with Crippen LogP contribution < -0.4 is 15.3 Å². The van der Waals surface area contributed by atoms with Crippen LogP contribution in [0.25, 0.3) is 11.0 Å². The number of rotatable bonds is 1. The molecule has 0 amide bonds. The Kier molecular flexibility index (Phi) is 4.29. The standard InChI is InChI=1S/C22H19Cl2NO3/c1-12-6-7-13(8-18(12)23)25-10-17-20-16(9-19(24)21(17)27-11-25)14-4-2-3-5-15(14)22(26)28-20/h6-9H,2-5,10-11H2,1H3. The van der Waals surface area contributed by atoms with E-state index in [1.807, 2.05) is 31.2 Å². The molecule has 0 atom stereocenters. The Morgan fingerprint density at radius 2 is 1.79 bits per heavy atom. The Morgan fingerprint density at radius 1 is 1.00 bits per heavy atom.